The molecule has 0 heterocycles. The number of fused-ring (bicyclic) bond motifs is 6. The lowest BCUT2D eigenvalue weighted by molar-refractivity contribution is 0.620. The van der Waals surface area contributed by atoms with E-state index in [0.29, 0.717) is 43.0 Å². The molecule has 0 aliphatic rings. The Balaban J connectivity index is 2.20. The third kappa shape index (κ3) is 5.40. The third-order valence-electron chi connectivity index (χ3n) is 7.18. The second-order valence-electron chi connectivity index (χ2n) is 9.34. The van der Waals surface area contributed by atoms with Crippen LogP contribution in [0.3, 0.4) is 0 Å². The van der Waals surface area contributed by atoms with Gasteiger partial charge >= 0.3 is 0 Å². The third-order valence-corrected chi connectivity index (χ3v) is 7.18. The molecule has 0 atom stereocenters. The summed E-state index contributed by atoms with van der Waals surface area (Å²) in [4.78, 5) is 0. The highest BCUT2D eigenvalue weighted by atomic mass is 16.2. The minimum atomic E-state index is 0.0109. The smallest absolute Gasteiger partial charge is 0.236 e. The quantitative estimate of drug-likeness (QED) is 0.0912. The Labute approximate surface area is 218 Å². The van der Waals surface area contributed by atoms with Gasteiger partial charge in [0.25, 0.3) is 0 Å². The maximum atomic E-state index is 9.70. The monoisotopic (exact) mass is 468 g/mol. The molecule has 0 aliphatic carbocycles. The fraction of sp³-hybridized carbons (Fsp3) is 0. The lowest BCUT2D eigenvalue weighted by Crippen LogP contribution is -2.42. The van der Waals surface area contributed by atoms with E-state index in [9.17, 15) is 30.1 Å². The summed E-state index contributed by atoms with van der Waals surface area (Å²) in [7, 11) is 2.99. The molecule has 0 aromatic heterocycles. The maximum absolute atomic E-state index is 9.70. The average Bonchev–Trinajstić information content (AvgIpc) is 2.87. The van der Waals surface area contributed by atoms with Gasteiger partial charge < -0.3 is 30.1 Å². The first-order chi connectivity index (χ1) is 17.6. The van der Waals surface area contributed by atoms with Crippen molar-refractivity contribution in [3.05, 3.63) is 36.4 Å². The Hall–Kier alpha value is -1.80. The molecular weight excluding hydrogens is 442 g/mol. The van der Waals surface area contributed by atoms with Crippen LogP contribution < -0.4 is 32.8 Å². The van der Waals surface area contributed by atoms with E-state index in [-0.39, 0.29) is 44.2 Å². The molecule has 0 spiro atoms. The molecule has 6 nitrogen and oxygen atoms in total. The van der Waals surface area contributed by atoms with E-state index in [1.807, 2.05) is 0 Å². The van der Waals surface area contributed by atoms with Crippen LogP contribution in [-0.2, 0) is 0 Å². The molecule has 18 heteroatoms. The largest absolute Gasteiger partial charge is 0.462 e. The summed E-state index contributed by atoms with van der Waals surface area (Å²) < 4.78 is 0. The molecule has 0 saturated heterocycles. The summed E-state index contributed by atoms with van der Waals surface area (Å²) in [5.41, 5.74) is 5.97. The molecule has 4 rings (SSSR count). The highest BCUT2D eigenvalue weighted by Crippen LogP contribution is 2.33. The second kappa shape index (κ2) is 12.6. The molecule has 36 heavy (non-hydrogen) atoms. The van der Waals surface area contributed by atoms with E-state index >= 15 is 0 Å². The van der Waals surface area contributed by atoms with Crippen LogP contribution in [0.25, 0.3) is 32.3 Å². The zero-order valence-electron chi connectivity index (χ0n) is 20.6. The summed E-state index contributed by atoms with van der Waals surface area (Å²) >= 11 is 0. The summed E-state index contributed by atoms with van der Waals surface area (Å²) in [5.74, 6) is 0. The maximum Gasteiger partial charge on any atom is 0.236 e. The van der Waals surface area contributed by atoms with E-state index < -0.39 is 0 Å². The van der Waals surface area contributed by atoms with Crippen molar-refractivity contribution in [3.63, 3.8) is 0 Å². The van der Waals surface area contributed by atoms with Crippen molar-refractivity contribution >= 4 is 152 Å². The van der Waals surface area contributed by atoms with Gasteiger partial charge in [-0.3, -0.25) is 0 Å². The van der Waals surface area contributed by atoms with Crippen molar-refractivity contribution in [2.45, 2.75) is 0 Å². The molecule has 0 amide bonds. The van der Waals surface area contributed by atoms with Crippen LogP contribution >= 0.6 is 0 Å². The first-order valence-electron chi connectivity index (χ1n) is 12.7. The lowest BCUT2D eigenvalue weighted by atomic mass is 9.37. The molecule has 0 saturated carbocycles. The van der Waals surface area contributed by atoms with Crippen LogP contribution in [0.2, 0.25) is 0 Å². The highest BCUT2D eigenvalue weighted by Gasteiger charge is 2.18. The van der Waals surface area contributed by atoms with Crippen molar-refractivity contribution in [3.8, 4) is 0 Å². The first kappa shape index (κ1) is 27.2. The fourth-order valence-electron chi connectivity index (χ4n) is 5.52. The van der Waals surface area contributed by atoms with Crippen LogP contribution in [0, 0.1) is 0 Å². The molecule has 0 unspecified atom stereocenters. The van der Waals surface area contributed by atoms with Crippen LogP contribution in [0.15, 0.2) is 36.4 Å². The van der Waals surface area contributed by atoms with E-state index in [2.05, 4.69) is 36.4 Å². The van der Waals surface area contributed by atoms with Gasteiger partial charge in [0, 0.05) is 0 Å². The Kier molecular flexibility index (Phi) is 9.56. The number of benzene rings is 4. The van der Waals surface area contributed by atoms with Gasteiger partial charge in [-0.15, -0.1) is 0 Å². The Bertz CT molecular complexity index is 1090. The van der Waals surface area contributed by atoms with E-state index in [1.54, 1.807) is 0 Å². The van der Waals surface area contributed by atoms with Gasteiger partial charge in [0.1, 0.15) is 0 Å². The van der Waals surface area contributed by atoms with Gasteiger partial charge in [-0.25, -0.2) is 0 Å². The summed E-state index contributed by atoms with van der Waals surface area (Å²) in [5, 5.41) is 64.4. The van der Waals surface area contributed by atoms with Crippen molar-refractivity contribution in [2.24, 2.45) is 0 Å². The summed E-state index contributed by atoms with van der Waals surface area (Å²) in [6.07, 6.45) is 0. The van der Waals surface area contributed by atoms with Crippen LogP contribution in [0.1, 0.15) is 0 Å². The topological polar surface area (TPSA) is 121 Å². The Morgan fingerprint density at radius 1 is 0.278 bits per heavy atom. The predicted molar refractivity (Wildman–Crippen MR) is 176 cm³/mol. The summed E-state index contributed by atoms with van der Waals surface area (Å²) in [6, 6.07) is 12.7. The molecule has 6 N–H and O–H groups in total. The molecular formula is C18H24B12O6. The number of hydrogen-bond acceptors (Lipinski definition) is 6. The lowest BCUT2D eigenvalue weighted by Gasteiger charge is -2.19. The van der Waals surface area contributed by atoms with Crippen LogP contribution in [0.5, 0.6) is 0 Å². The predicted octanol–water partition coefficient (Wildman–Crippen LogP) is -10.9. The van der Waals surface area contributed by atoms with E-state index in [0.717, 1.165) is 65.1 Å². The minimum absolute atomic E-state index is 0.0109. The average molecular weight is 466 g/mol. The SMILES string of the molecule is OBBc1cc2c3cc(BBO)c(BBO)cc3c3cc(BBO)c(BBO)cc3c2cc1BBO. The van der Waals surface area contributed by atoms with E-state index in [1.165, 1.54) is 0 Å². The molecule has 0 fully saturated rings. The van der Waals surface area contributed by atoms with Crippen molar-refractivity contribution in [2.75, 3.05) is 0 Å². The standard InChI is InChI=1S/C18H24B12O6/c31-25-19-13-1-7-8(2-14(13)20-26-32)10-4-17(23-29-35)18(24-30-36)6-12(10)11-5-16(22-28-34)15(21-27-33)3-9(7)11/h1-6,19-36H. The molecule has 4 aromatic carbocycles. The Morgan fingerprint density at radius 2 is 0.417 bits per heavy atom. The number of hydrogen-bond donors (Lipinski definition) is 6. The van der Waals surface area contributed by atoms with Gasteiger partial charge in [-0.05, 0) is 32.3 Å². The van der Waals surface area contributed by atoms with Crippen molar-refractivity contribution in [1.82, 2.24) is 0 Å². The van der Waals surface area contributed by atoms with Crippen LogP contribution in [0.4, 0.5) is 0 Å². The zero-order chi connectivity index (χ0) is 25.7. The van der Waals surface area contributed by atoms with Gasteiger partial charge in [0.15, 0.2) is 43.0 Å². The second-order valence-corrected chi connectivity index (χ2v) is 9.34. The van der Waals surface area contributed by atoms with Gasteiger partial charge in [0.2, 0.25) is 44.2 Å². The Morgan fingerprint density at radius 3 is 0.528 bits per heavy atom. The van der Waals surface area contributed by atoms with Crippen molar-refractivity contribution in [1.29, 1.82) is 0 Å². The van der Waals surface area contributed by atoms with Crippen molar-refractivity contribution < 1.29 is 30.1 Å². The molecule has 0 aliphatic heterocycles. The molecule has 4 aromatic rings. The van der Waals surface area contributed by atoms with Gasteiger partial charge in [-0.1, -0.05) is 69.2 Å². The minimum Gasteiger partial charge on any atom is -0.462 e. The van der Waals surface area contributed by atoms with Gasteiger partial charge in [0.05, 0.1) is 0 Å². The van der Waals surface area contributed by atoms with E-state index in [4.69, 9.17) is 0 Å². The summed E-state index contributed by atoms with van der Waals surface area (Å²) in [6.45, 7) is 0. The molecule has 0 radical (unpaired) electrons. The normalized spacial score (nSPS) is 10.5. The highest BCUT2D eigenvalue weighted by molar-refractivity contribution is 7.11. The fourth-order valence-corrected chi connectivity index (χ4v) is 5.52. The first-order valence-corrected chi connectivity index (χ1v) is 12.7. The molecule has 168 valence electrons. The van der Waals surface area contributed by atoms with Crippen LogP contribution in [-0.4, -0.2) is 117 Å². The molecule has 0 bridgehead atoms. The number of rotatable bonds is 12. The zero-order valence-corrected chi connectivity index (χ0v) is 20.6. The van der Waals surface area contributed by atoms with Gasteiger partial charge in [-0.2, -0.15) is 0 Å².